The molecule has 124 valence electrons. The number of nitrogens with zero attached hydrogens (tertiary/aromatic N) is 3. The van der Waals surface area contributed by atoms with Crippen LogP contribution in [0, 0.1) is 0 Å². The van der Waals surface area contributed by atoms with Crippen molar-refractivity contribution in [3.8, 4) is 11.4 Å². The zero-order valence-corrected chi connectivity index (χ0v) is 12.9. The lowest BCUT2D eigenvalue weighted by Gasteiger charge is -2.16. The molecule has 23 heavy (non-hydrogen) atoms. The van der Waals surface area contributed by atoms with Crippen molar-refractivity contribution in [3.05, 3.63) is 41.1 Å². The minimum Gasteiger partial charge on any atom is -0.293 e. The van der Waals surface area contributed by atoms with Gasteiger partial charge in [0.05, 0.1) is 18.6 Å². The zero-order valence-electron chi connectivity index (χ0n) is 12.0. The van der Waals surface area contributed by atoms with Crippen LogP contribution < -0.4 is 5.56 Å². The van der Waals surface area contributed by atoms with Crippen LogP contribution in [0.25, 0.3) is 11.4 Å². The molecular weight excluding hydrogens is 334 g/mol. The number of halogens is 4. The Morgan fingerprint density at radius 3 is 2.70 bits per heavy atom. The van der Waals surface area contributed by atoms with Crippen LogP contribution in [0.3, 0.4) is 0 Å². The maximum Gasteiger partial charge on any atom is 0.325 e. The molecule has 0 unspecified atom stereocenters. The Kier molecular flexibility index (Phi) is 5.40. The minimum atomic E-state index is -4.29. The molecular formula is C14H13F4N3OS. The molecule has 2 rings (SSSR count). The van der Waals surface area contributed by atoms with Gasteiger partial charge in [0.1, 0.15) is 5.69 Å². The smallest absolute Gasteiger partial charge is 0.293 e. The lowest BCUT2D eigenvalue weighted by molar-refractivity contribution is -0.138. The molecule has 0 radical (unpaired) electrons. The van der Waals surface area contributed by atoms with Crippen LogP contribution in [0.4, 0.5) is 17.6 Å². The maximum absolute atomic E-state index is 13.0. The molecule has 0 saturated heterocycles. The summed E-state index contributed by atoms with van der Waals surface area (Å²) in [7, 11) is 0. The van der Waals surface area contributed by atoms with Gasteiger partial charge >= 0.3 is 12.3 Å². The van der Waals surface area contributed by atoms with E-state index in [9.17, 15) is 22.4 Å². The molecule has 0 aliphatic rings. The van der Waals surface area contributed by atoms with E-state index in [4.69, 9.17) is 0 Å². The zero-order chi connectivity index (χ0) is 17.0. The minimum absolute atomic E-state index is 0.211. The summed E-state index contributed by atoms with van der Waals surface area (Å²) in [5.41, 5.74) is -0.180. The molecule has 0 bridgehead atoms. The third kappa shape index (κ3) is 4.10. The van der Waals surface area contributed by atoms with Gasteiger partial charge in [-0.25, -0.2) is 13.8 Å². The molecule has 0 aromatic carbocycles. The lowest BCUT2D eigenvalue weighted by atomic mass is 10.2. The fourth-order valence-electron chi connectivity index (χ4n) is 1.83. The van der Waals surface area contributed by atoms with Gasteiger partial charge in [0.15, 0.2) is 0 Å². The highest BCUT2D eigenvalue weighted by atomic mass is 32.2. The summed E-state index contributed by atoms with van der Waals surface area (Å²) in [5, 5.41) is 0. The Labute approximate surface area is 133 Å². The monoisotopic (exact) mass is 347 g/mol. The summed E-state index contributed by atoms with van der Waals surface area (Å²) in [4.78, 5) is 20.7. The molecule has 2 heterocycles. The highest BCUT2D eigenvalue weighted by molar-refractivity contribution is 7.99. The van der Waals surface area contributed by atoms with Crippen LogP contribution in [0.15, 0.2) is 40.4 Å². The van der Waals surface area contributed by atoms with Crippen LogP contribution in [0.1, 0.15) is 6.92 Å². The fraction of sp³-hybridized carbons (Fsp3) is 0.357. The third-order valence-corrected chi connectivity index (χ3v) is 3.82. The van der Waals surface area contributed by atoms with Crippen molar-refractivity contribution in [2.24, 2.45) is 0 Å². The standard InChI is InChI=1S/C14H13F4N3OS/c1-2-23-10-4-3-5-19-12(10)9-6-11(22)21(8-20-9)7-14(17,18)13(15)16/h3-6,8,13H,2,7H2,1H3. The van der Waals surface area contributed by atoms with Crippen molar-refractivity contribution in [1.29, 1.82) is 0 Å². The second-order valence-corrected chi connectivity index (χ2v) is 5.89. The average molecular weight is 347 g/mol. The normalized spacial score (nSPS) is 11.9. The van der Waals surface area contributed by atoms with E-state index in [2.05, 4.69) is 9.97 Å². The van der Waals surface area contributed by atoms with Crippen molar-refractivity contribution in [3.63, 3.8) is 0 Å². The predicted octanol–water partition coefficient (Wildman–Crippen LogP) is 3.32. The molecule has 2 aromatic rings. The number of hydrogen-bond acceptors (Lipinski definition) is 4. The quantitative estimate of drug-likeness (QED) is 0.594. The fourth-order valence-corrected chi connectivity index (χ4v) is 2.60. The van der Waals surface area contributed by atoms with E-state index in [1.165, 1.54) is 18.0 Å². The highest BCUT2D eigenvalue weighted by Gasteiger charge is 2.41. The van der Waals surface area contributed by atoms with Crippen molar-refractivity contribution >= 4 is 11.8 Å². The molecule has 0 aliphatic carbocycles. The first-order chi connectivity index (χ1) is 10.8. The van der Waals surface area contributed by atoms with Gasteiger partial charge in [-0.3, -0.25) is 14.3 Å². The summed E-state index contributed by atoms with van der Waals surface area (Å²) in [6.07, 6.45) is -1.49. The van der Waals surface area contributed by atoms with Gasteiger partial charge in [0.2, 0.25) is 0 Å². The van der Waals surface area contributed by atoms with E-state index in [0.29, 0.717) is 10.3 Å². The van der Waals surface area contributed by atoms with Gasteiger partial charge in [-0.1, -0.05) is 6.92 Å². The molecule has 9 heteroatoms. The first kappa shape index (κ1) is 17.5. The van der Waals surface area contributed by atoms with Crippen LogP contribution in [0.5, 0.6) is 0 Å². The predicted molar refractivity (Wildman–Crippen MR) is 79.1 cm³/mol. The molecule has 2 aromatic heterocycles. The number of rotatable bonds is 6. The number of thioether (sulfide) groups is 1. The number of pyridine rings is 1. The van der Waals surface area contributed by atoms with Crippen molar-refractivity contribution in [1.82, 2.24) is 14.5 Å². The summed E-state index contributed by atoms with van der Waals surface area (Å²) in [6.45, 7) is 0.523. The van der Waals surface area contributed by atoms with E-state index in [1.54, 1.807) is 12.1 Å². The molecule has 0 spiro atoms. The van der Waals surface area contributed by atoms with Gasteiger partial charge in [-0.15, -0.1) is 11.8 Å². The second kappa shape index (κ2) is 7.12. The van der Waals surface area contributed by atoms with Gasteiger partial charge in [-0.05, 0) is 17.9 Å². The SMILES string of the molecule is CCSc1cccnc1-c1cc(=O)n(CC(F)(F)C(F)F)cn1. The lowest BCUT2D eigenvalue weighted by Crippen LogP contribution is -2.36. The average Bonchev–Trinajstić information content (AvgIpc) is 2.50. The Balaban J connectivity index is 2.35. The van der Waals surface area contributed by atoms with E-state index < -0.39 is 24.5 Å². The highest BCUT2D eigenvalue weighted by Crippen LogP contribution is 2.28. The molecule has 0 amide bonds. The van der Waals surface area contributed by atoms with E-state index in [0.717, 1.165) is 23.0 Å². The summed E-state index contributed by atoms with van der Waals surface area (Å²) in [5.74, 6) is -3.52. The Bertz CT molecular complexity index is 736. The topological polar surface area (TPSA) is 47.8 Å². The van der Waals surface area contributed by atoms with Crippen LogP contribution in [0.2, 0.25) is 0 Å². The number of alkyl halides is 4. The van der Waals surface area contributed by atoms with Crippen LogP contribution in [-0.2, 0) is 6.54 Å². The first-order valence-corrected chi connectivity index (χ1v) is 7.64. The molecule has 0 saturated carbocycles. The summed E-state index contributed by atoms with van der Waals surface area (Å²) < 4.78 is 51.0. The third-order valence-electron chi connectivity index (χ3n) is 2.89. The Morgan fingerprint density at radius 2 is 2.09 bits per heavy atom. The van der Waals surface area contributed by atoms with Crippen molar-refractivity contribution < 1.29 is 17.6 Å². The maximum atomic E-state index is 13.0. The van der Waals surface area contributed by atoms with E-state index >= 15 is 0 Å². The summed E-state index contributed by atoms with van der Waals surface area (Å²) >= 11 is 1.49. The molecule has 0 aliphatic heterocycles. The molecule has 4 nitrogen and oxygen atoms in total. The number of aromatic nitrogens is 3. The van der Waals surface area contributed by atoms with Gasteiger partial charge < -0.3 is 0 Å². The van der Waals surface area contributed by atoms with Gasteiger partial charge in [0.25, 0.3) is 5.56 Å². The Hall–Kier alpha value is -1.90. The van der Waals surface area contributed by atoms with Crippen molar-refractivity contribution in [2.45, 2.75) is 30.7 Å². The van der Waals surface area contributed by atoms with Gasteiger partial charge in [0, 0.05) is 17.2 Å². The Morgan fingerprint density at radius 1 is 1.35 bits per heavy atom. The van der Waals surface area contributed by atoms with Crippen LogP contribution in [-0.4, -0.2) is 32.6 Å². The molecule has 0 atom stereocenters. The van der Waals surface area contributed by atoms with Crippen LogP contribution >= 0.6 is 11.8 Å². The van der Waals surface area contributed by atoms with E-state index in [1.807, 2.05) is 6.92 Å². The number of hydrogen-bond donors (Lipinski definition) is 0. The van der Waals surface area contributed by atoms with E-state index in [-0.39, 0.29) is 5.69 Å². The van der Waals surface area contributed by atoms with Gasteiger partial charge in [-0.2, -0.15) is 8.78 Å². The molecule has 0 N–H and O–H groups in total. The summed E-state index contributed by atoms with van der Waals surface area (Å²) in [6, 6.07) is 4.55. The van der Waals surface area contributed by atoms with Crippen molar-refractivity contribution in [2.75, 3.05) is 5.75 Å². The second-order valence-electron chi connectivity index (χ2n) is 4.59. The largest absolute Gasteiger partial charge is 0.325 e. The first-order valence-electron chi connectivity index (χ1n) is 6.65. The molecule has 0 fully saturated rings.